The highest BCUT2D eigenvalue weighted by molar-refractivity contribution is 6.12. The molecular formula is C54H36N2O. The van der Waals surface area contributed by atoms with Crippen molar-refractivity contribution in [2.75, 3.05) is 4.90 Å². The zero-order valence-electron chi connectivity index (χ0n) is 31.1. The summed E-state index contributed by atoms with van der Waals surface area (Å²) < 4.78 is 8.64. The molecule has 0 aliphatic heterocycles. The van der Waals surface area contributed by atoms with Crippen molar-refractivity contribution in [1.29, 1.82) is 0 Å². The summed E-state index contributed by atoms with van der Waals surface area (Å²) in [6.07, 6.45) is 0. The highest BCUT2D eigenvalue weighted by Crippen LogP contribution is 2.42. The summed E-state index contributed by atoms with van der Waals surface area (Å²) in [7, 11) is 0. The van der Waals surface area contributed by atoms with E-state index in [9.17, 15) is 0 Å². The third kappa shape index (κ3) is 5.60. The molecule has 0 amide bonds. The van der Waals surface area contributed by atoms with Gasteiger partial charge in [-0.25, -0.2) is 0 Å². The summed E-state index contributed by atoms with van der Waals surface area (Å²) in [5.41, 5.74) is 15.6. The fourth-order valence-corrected chi connectivity index (χ4v) is 8.62. The molecule has 2 heterocycles. The van der Waals surface area contributed by atoms with Gasteiger partial charge < -0.3 is 13.9 Å². The van der Waals surface area contributed by atoms with Crippen LogP contribution < -0.4 is 4.90 Å². The van der Waals surface area contributed by atoms with Gasteiger partial charge in [0.25, 0.3) is 0 Å². The minimum absolute atomic E-state index is 0.898. The van der Waals surface area contributed by atoms with E-state index in [1.54, 1.807) is 0 Å². The third-order valence-electron chi connectivity index (χ3n) is 11.2. The van der Waals surface area contributed by atoms with E-state index in [2.05, 4.69) is 216 Å². The highest BCUT2D eigenvalue weighted by atomic mass is 16.3. The summed E-state index contributed by atoms with van der Waals surface area (Å²) in [6, 6.07) is 78.1. The molecule has 0 N–H and O–H groups in total. The molecule has 0 aliphatic rings. The standard InChI is InChI=1S/C54H36N2O/c1-2-14-37(15-3-1)44-18-4-5-19-45(44)38-28-32-40(33-29-38)55(41-34-30-39(31-35-41)46-23-13-27-53-54(46)49-22-8-11-26-52(49)57-53)42-16-12-17-43(36-42)56-50-24-9-6-20-47(50)48-21-7-10-25-51(48)56/h1-36H. The fourth-order valence-electron chi connectivity index (χ4n) is 8.62. The summed E-state index contributed by atoms with van der Waals surface area (Å²) in [5.74, 6) is 0. The van der Waals surface area contributed by atoms with E-state index < -0.39 is 0 Å². The van der Waals surface area contributed by atoms with E-state index >= 15 is 0 Å². The molecule has 0 fully saturated rings. The average Bonchev–Trinajstić information content (AvgIpc) is 3.84. The Kier molecular flexibility index (Phi) is 7.82. The van der Waals surface area contributed by atoms with Crippen LogP contribution in [0, 0.1) is 0 Å². The minimum atomic E-state index is 0.898. The predicted octanol–water partition coefficient (Wildman–Crippen LogP) is 15.2. The zero-order chi connectivity index (χ0) is 37.7. The van der Waals surface area contributed by atoms with Crippen LogP contribution in [0.3, 0.4) is 0 Å². The predicted molar refractivity (Wildman–Crippen MR) is 239 cm³/mol. The van der Waals surface area contributed by atoms with Gasteiger partial charge in [0, 0.05) is 44.3 Å². The molecule has 0 atom stereocenters. The summed E-state index contributed by atoms with van der Waals surface area (Å²) in [6.45, 7) is 0. The Morgan fingerprint density at radius 3 is 1.49 bits per heavy atom. The first-order chi connectivity index (χ1) is 28.3. The quantitative estimate of drug-likeness (QED) is 0.163. The number of hydrogen-bond acceptors (Lipinski definition) is 2. The third-order valence-corrected chi connectivity index (χ3v) is 11.2. The molecule has 0 spiro atoms. The monoisotopic (exact) mass is 728 g/mol. The molecule has 11 rings (SSSR count). The lowest BCUT2D eigenvalue weighted by atomic mass is 9.94. The molecule has 0 bridgehead atoms. The van der Waals surface area contributed by atoms with E-state index in [1.807, 2.05) is 12.1 Å². The first-order valence-electron chi connectivity index (χ1n) is 19.4. The summed E-state index contributed by atoms with van der Waals surface area (Å²) in [5, 5.41) is 4.77. The maximum Gasteiger partial charge on any atom is 0.136 e. The second-order valence-corrected chi connectivity index (χ2v) is 14.5. The van der Waals surface area contributed by atoms with Crippen LogP contribution in [0.2, 0.25) is 0 Å². The van der Waals surface area contributed by atoms with Gasteiger partial charge in [-0.1, -0.05) is 152 Å². The molecule has 0 aliphatic carbocycles. The van der Waals surface area contributed by atoms with Crippen molar-refractivity contribution in [1.82, 2.24) is 4.57 Å². The zero-order valence-corrected chi connectivity index (χ0v) is 31.1. The Balaban J connectivity index is 1.05. The molecule has 0 unspecified atom stereocenters. The lowest BCUT2D eigenvalue weighted by Gasteiger charge is -2.27. The van der Waals surface area contributed by atoms with Gasteiger partial charge in [-0.15, -0.1) is 0 Å². The van der Waals surface area contributed by atoms with Crippen molar-refractivity contribution in [2.45, 2.75) is 0 Å². The van der Waals surface area contributed by atoms with Crippen LogP contribution in [0.1, 0.15) is 0 Å². The number of hydrogen-bond donors (Lipinski definition) is 0. The Labute approximate surface area is 330 Å². The van der Waals surface area contributed by atoms with Crippen LogP contribution in [0.25, 0.3) is 82.8 Å². The smallest absolute Gasteiger partial charge is 0.136 e. The van der Waals surface area contributed by atoms with E-state index in [-0.39, 0.29) is 0 Å². The van der Waals surface area contributed by atoms with Gasteiger partial charge in [0.15, 0.2) is 0 Å². The van der Waals surface area contributed by atoms with Gasteiger partial charge in [0.2, 0.25) is 0 Å². The second-order valence-electron chi connectivity index (χ2n) is 14.5. The molecule has 11 aromatic rings. The second kappa shape index (κ2) is 13.6. The number of fused-ring (bicyclic) bond motifs is 6. The van der Waals surface area contributed by atoms with Crippen LogP contribution in [-0.2, 0) is 0 Å². The fraction of sp³-hybridized carbons (Fsp3) is 0. The van der Waals surface area contributed by atoms with Gasteiger partial charge >= 0.3 is 0 Å². The van der Waals surface area contributed by atoms with Crippen molar-refractivity contribution >= 4 is 60.8 Å². The molecule has 9 aromatic carbocycles. The van der Waals surface area contributed by atoms with E-state index in [0.29, 0.717) is 0 Å². The first-order valence-corrected chi connectivity index (χ1v) is 19.4. The van der Waals surface area contributed by atoms with Crippen LogP contribution in [0.5, 0.6) is 0 Å². The number of rotatable bonds is 7. The topological polar surface area (TPSA) is 21.3 Å². The van der Waals surface area contributed by atoms with Crippen molar-refractivity contribution in [3.63, 3.8) is 0 Å². The van der Waals surface area contributed by atoms with Gasteiger partial charge in [-0.05, 0) is 100 Å². The number of aromatic nitrogens is 1. The van der Waals surface area contributed by atoms with Crippen molar-refractivity contribution < 1.29 is 4.42 Å². The molecular weight excluding hydrogens is 693 g/mol. The van der Waals surface area contributed by atoms with Gasteiger partial charge in [-0.3, -0.25) is 0 Å². The lowest BCUT2D eigenvalue weighted by Crippen LogP contribution is -2.10. The lowest BCUT2D eigenvalue weighted by molar-refractivity contribution is 0.669. The number of para-hydroxylation sites is 3. The molecule has 0 saturated carbocycles. The Morgan fingerprint density at radius 1 is 0.333 bits per heavy atom. The van der Waals surface area contributed by atoms with E-state index in [4.69, 9.17) is 4.42 Å². The molecule has 0 radical (unpaired) electrons. The van der Waals surface area contributed by atoms with Gasteiger partial charge in [0.05, 0.1) is 11.0 Å². The van der Waals surface area contributed by atoms with Crippen LogP contribution in [-0.4, -0.2) is 4.57 Å². The van der Waals surface area contributed by atoms with E-state index in [0.717, 1.165) is 55.8 Å². The van der Waals surface area contributed by atoms with Gasteiger partial charge in [0.1, 0.15) is 11.2 Å². The number of benzene rings is 9. The SMILES string of the molecule is c1ccc(-c2ccccc2-c2ccc(N(c3ccc(-c4cccc5oc6ccccc6c45)cc3)c3cccc(-n4c5ccccc5c5ccccc54)c3)cc2)cc1. The Hall–Kier alpha value is -7.62. The largest absolute Gasteiger partial charge is 0.456 e. The van der Waals surface area contributed by atoms with Crippen molar-refractivity contribution in [2.24, 2.45) is 0 Å². The maximum atomic E-state index is 6.25. The average molecular weight is 729 g/mol. The molecule has 3 heteroatoms. The van der Waals surface area contributed by atoms with Crippen LogP contribution in [0.15, 0.2) is 223 Å². The minimum Gasteiger partial charge on any atom is -0.456 e. The van der Waals surface area contributed by atoms with Crippen molar-refractivity contribution in [3.8, 4) is 39.1 Å². The number of furan rings is 1. The number of anilines is 3. The Morgan fingerprint density at radius 2 is 0.825 bits per heavy atom. The molecule has 268 valence electrons. The van der Waals surface area contributed by atoms with Gasteiger partial charge in [-0.2, -0.15) is 0 Å². The number of nitrogens with zero attached hydrogens (tertiary/aromatic N) is 2. The normalized spacial score (nSPS) is 11.5. The molecule has 0 saturated heterocycles. The summed E-state index contributed by atoms with van der Waals surface area (Å²) >= 11 is 0. The molecule has 3 nitrogen and oxygen atoms in total. The first kappa shape index (κ1) is 32.8. The highest BCUT2D eigenvalue weighted by Gasteiger charge is 2.18. The van der Waals surface area contributed by atoms with Crippen molar-refractivity contribution in [3.05, 3.63) is 218 Å². The molecule has 2 aromatic heterocycles. The Bertz CT molecular complexity index is 3170. The maximum absolute atomic E-state index is 6.25. The van der Waals surface area contributed by atoms with E-state index in [1.165, 1.54) is 44.1 Å². The van der Waals surface area contributed by atoms with Crippen LogP contribution in [0.4, 0.5) is 17.1 Å². The summed E-state index contributed by atoms with van der Waals surface area (Å²) in [4.78, 5) is 2.36. The molecule has 57 heavy (non-hydrogen) atoms. The van der Waals surface area contributed by atoms with Crippen LogP contribution >= 0.6 is 0 Å².